The van der Waals surface area contributed by atoms with E-state index < -0.39 is 0 Å². The van der Waals surface area contributed by atoms with E-state index in [1.54, 1.807) is 6.07 Å². The number of carbonyl (C=O) groups excluding carboxylic acids is 1. The van der Waals surface area contributed by atoms with E-state index in [0.717, 1.165) is 31.6 Å². The second kappa shape index (κ2) is 6.66. The van der Waals surface area contributed by atoms with Gasteiger partial charge in [-0.15, -0.1) is 0 Å². The van der Waals surface area contributed by atoms with Crippen LogP contribution in [0.4, 0.5) is 5.82 Å². The quantitative estimate of drug-likeness (QED) is 0.799. The lowest BCUT2D eigenvalue weighted by Crippen LogP contribution is -2.32. The van der Waals surface area contributed by atoms with Crippen LogP contribution in [0.2, 0.25) is 0 Å². The van der Waals surface area contributed by atoms with Gasteiger partial charge in [-0.25, -0.2) is 4.98 Å². The summed E-state index contributed by atoms with van der Waals surface area (Å²) in [5, 5.41) is 9.63. The fourth-order valence-corrected chi connectivity index (χ4v) is 4.06. The maximum Gasteiger partial charge on any atom is 0.165 e. The molecule has 2 aromatic rings. The van der Waals surface area contributed by atoms with Crippen LogP contribution < -0.4 is 4.90 Å². The average Bonchev–Trinajstić information content (AvgIpc) is 2.67. The zero-order chi connectivity index (χ0) is 19.0. The van der Waals surface area contributed by atoms with Crippen LogP contribution in [0.25, 0.3) is 5.57 Å². The van der Waals surface area contributed by atoms with Crippen LogP contribution in [0.3, 0.4) is 0 Å². The molecule has 0 amide bonds. The summed E-state index contributed by atoms with van der Waals surface area (Å²) in [6, 6.07) is 14.4. The summed E-state index contributed by atoms with van der Waals surface area (Å²) >= 11 is 0. The van der Waals surface area contributed by atoms with Gasteiger partial charge in [-0.1, -0.05) is 50.3 Å². The summed E-state index contributed by atoms with van der Waals surface area (Å²) in [7, 11) is 0. The highest BCUT2D eigenvalue weighted by atomic mass is 16.1. The van der Waals surface area contributed by atoms with Crippen LogP contribution >= 0.6 is 0 Å². The Hall–Kier alpha value is -2.93. The molecule has 0 saturated carbocycles. The van der Waals surface area contributed by atoms with Crippen LogP contribution in [0.1, 0.15) is 53.9 Å². The first-order chi connectivity index (χ1) is 13.0. The van der Waals surface area contributed by atoms with E-state index in [2.05, 4.69) is 55.2 Å². The second-order valence-corrected chi connectivity index (χ2v) is 8.20. The van der Waals surface area contributed by atoms with Gasteiger partial charge in [0.05, 0.1) is 11.3 Å². The normalized spacial score (nSPS) is 18.5. The number of fused-ring (bicyclic) bond motifs is 1. The van der Waals surface area contributed by atoms with Crippen LogP contribution in [0.5, 0.6) is 0 Å². The first-order valence-electron chi connectivity index (χ1n) is 9.43. The molecule has 1 aromatic heterocycles. The number of ketones is 1. The highest BCUT2D eigenvalue weighted by Crippen LogP contribution is 2.36. The molecule has 0 bridgehead atoms. The molecule has 136 valence electrons. The second-order valence-electron chi connectivity index (χ2n) is 8.20. The number of benzene rings is 1. The molecule has 4 heteroatoms. The number of hydrogen-bond donors (Lipinski definition) is 0. The molecule has 27 heavy (non-hydrogen) atoms. The van der Waals surface area contributed by atoms with E-state index in [4.69, 9.17) is 4.98 Å². The summed E-state index contributed by atoms with van der Waals surface area (Å²) in [6.07, 6.45) is 4.42. The number of carbonyl (C=O) groups is 1. The van der Waals surface area contributed by atoms with Crippen molar-refractivity contribution in [1.82, 2.24) is 4.98 Å². The van der Waals surface area contributed by atoms with E-state index in [9.17, 15) is 10.1 Å². The molecular weight excluding hydrogens is 334 g/mol. The smallest absolute Gasteiger partial charge is 0.165 e. The van der Waals surface area contributed by atoms with Gasteiger partial charge in [0.15, 0.2) is 5.78 Å². The SMILES string of the molecule is CC1(C)CC(=O)c2cc(C#N)c(N3CC=C(c4ccccc4)CC3)nc2C1. The van der Waals surface area contributed by atoms with Gasteiger partial charge in [0.1, 0.15) is 11.9 Å². The third-order valence-electron chi connectivity index (χ3n) is 5.44. The van der Waals surface area contributed by atoms with Crippen molar-refractivity contribution < 1.29 is 4.79 Å². The van der Waals surface area contributed by atoms with E-state index in [1.165, 1.54) is 11.1 Å². The van der Waals surface area contributed by atoms with E-state index in [1.807, 2.05) is 6.07 Å². The Morgan fingerprint density at radius 2 is 1.96 bits per heavy atom. The van der Waals surface area contributed by atoms with Gasteiger partial charge in [-0.2, -0.15) is 5.26 Å². The molecule has 4 nitrogen and oxygen atoms in total. The molecular formula is C23H23N3O. The van der Waals surface area contributed by atoms with Crippen molar-refractivity contribution in [1.29, 1.82) is 5.26 Å². The Kier molecular flexibility index (Phi) is 4.31. The minimum Gasteiger partial charge on any atom is -0.351 e. The standard InChI is InChI=1S/C23H23N3O/c1-23(2)13-20-19(21(27)14-23)12-18(15-24)22(25-20)26-10-8-17(9-11-26)16-6-4-3-5-7-16/h3-8,12H,9-11,13-14H2,1-2H3. The largest absolute Gasteiger partial charge is 0.351 e. The molecule has 0 atom stereocenters. The number of nitriles is 1. The maximum absolute atomic E-state index is 12.5. The summed E-state index contributed by atoms with van der Waals surface area (Å²) in [6.45, 7) is 5.74. The van der Waals surface area contributed by atoms with Crippen molar-refractivity contribution in [3.05, 3.63) is 64.9 Å². The Morgan fingerprint density at radius 3 is 2.63 bits per heavy atom. The van der Waals surface area contributed by atoms with Gasteiger partial charge in [0.25, 0.3) is 0 Å². The molecule has 0 unspecified atom stereocenters. The van der Waals surface area contributed by atoms with Gasteiger partial charge < -0.3 is 4.90 Å². The number of rotatable bonds is 2. The molecule has 0 spiro atoms. The summed E-state index contributed by atoms with van der Waals surface area (Å²) in [4.78, 5) is 19.4. The molecule has 1 aliphatic carbocycles. The van der Waals surface area contributed by atoms with Crippen molar-refractivity contribution in [3.8, 4) is 6.07 Å². The molecule has 4 rings (SSSR count). The molecule has 0 radical (unpaired) electrons. The van der Waals surface area contributed by atoms with E-state index >= 15 is 0 Å². The van der Waals surface area contributed by atoms with Gasteiger partial charge in [-0.05, 0) is 35.5 Å². The number of anilines is 1. The number of pyridine rings is 1. The highest BCUT2D eigenvalue weighted by Gasteiger charge is 2.33. The average molecular weight is 357 g/mol. The van der Waals surface area contributed by atoms with Crippen LogP contribution in [0, 0.1) is 16.7 Å². The van der Waals surface area contributed by atoms with E-state index in [-0.39, 0.29) is 11.2 Å². The van der Waals surface area contributed by atoms with Crippen molar-refractivity contribution >= 4 is 17.2 Å². The van der Waals surface area contributed by atoms with Crippen molar-refractivity contribution in [2.75, 3.05) is 18.0 Å². The molecule has 0 N–H and O–H groups in total. The number of hydrogen-bond acceptors (Lipinski definition) is 4. The lowest BCUT2D eigenvalue weighted by Gasteiger charge is -2.32. The lowest BCUT2D eigenvalue weighted by molar-refractivity contribution is 0.0910. The van der Waals surface area contributed by atoms with Gasteiger partial charge in [-0.3, -0.25) is 4.79 Å². The first-order valence-corrected chi connectivity index (χ1v) is 9.43. The molecule has 2 heterocycles. The van der Waals surface area contributed by atoms with Gasteiger partial charge in [0, 0.05) is 25.1 Å². The highest BCUT2D eigenvalue weighted by molar-refractivity contribution is 5.99. The summed E-state index contributed by atoms with van der Waals surface area (Å²) in [5.41, 5.74) is 4.47. The number of Topliss-reactive ketones (excluding diaryl/α,β-unsaturated/α-hetero) is 1. The zero-order valence-electron chi connectivity index (χ0n) is 15.8. The Balaban J connectivity index is 1.66. The predicted octanol–water partition coefficient (Wildman–Crippen LogP) is 4.40. The molecule has 1 aliphatic heterocycles. The van der Waals surface area contributed by atoms with Crippen molar-refractivity contribution in [3.63, 3.8) is 0 Å². The molecule has 1 aromatic carbocycles. The molecule has 0 saturated heterocycles. The topological polar surface area (TPSA) is 57.0 Å². The van der Waals surface area contributed by atoms with Gasteiger partial charge in [0.2, 0.25) is 0 Å². The maximum atomic E-state index is 12.5. The fourth-order valence-electron chi connectivity index (χ4n) is 4.06. The minimum atomic E-state index is -0.0786. The van der Waals surface area contributed by atoms with Crippen molar-refractivity contribution in [2.45, 2.75) is 33.1 Å². The summed E-state index contributed by atoms with van der Waals surface area (Å²) in [5.74, 6) is 0.812. The Labute approximate surface area is 160 Å². The number of nitrogens with zero attached hydrogens (tertiary/aromatic N) is 3. The van der Waals surface area contributed by atoms with Crippen LogP contribution in [-0.2, 0) is 6.42 Å². The third-order valence-corrected chi connectivity index (χ3v) is 5.44. The monoisotopic (exact) mass is 357 g/mol. The predicted molar refractivity (Wildman–Crippen MR) is 107 cm³/mol. The lowest BCUT2D eigenvalue weighted by atomic mass is 9.75. The first kappa shape index (κ1) is 17.5. The van der Waals surface area contributed by atoms with Crippen LogP contribution in [0.15, 0.2) is 42.5 Å². The molecule has 2 aliphatic rings. The van der Waals surface area contributed by atoms with Gasteiger partial charge >= 0.3 is 0 Å². The minimum absolute atomic E-state index is 0.0786. The zero-order valence-corrected chi connectivity index (χ0v) is 15.8. The van der Waals surface area contributed by atoms with Crippen LogP contribution in [-0.4, -0.2) is 23.9 Å². The van der Waals surface area contributed by atoms with Crippen molar-refractivity contribution in [2.24, 2.45) is 5.41 Å². The Bertz CT molecular complexity index is 967. The van der Waals surface area contributed by atoms with E-state index in [0.29, 0.717) is 23.4 Å². The summed E-state index contributed by atoms with van der Waals surface area (Å²) < 4.78 is 0. The Morgan fingerprint density at radius 1 is 1.19 bits per heavy atom. The number of aromatic nitrogens is 1. The molecule has 0 fully saturated rings. The fraction of sp³-hybridized carbons (Fsp3) is 0.348. The third kappa shape index (κ3) is 3.38.